The Kier molecular flexibility index (Phi) is 7.56. The van der Waals surface area contributed by atoms with Crippen LogP contribution in [0.3, 0.4) is 0 Å². The van der Waals surface area contributed by atoms with Crippen LogP contribution < -0.4 is 5.32 Å². The molecular weight excluding hydrogens is 304 g/mol. The van der Waals surface area contributed by atoms with Crippen molar-refractivity contribution in [3.63, 3.8) is 0 Å². The molecule has 0 spiro atoms. The minimum atomic E-state index is 0.477. The van der Waals surface area contributed by atoms with Crippen LogP contribution in [0.2, 0.25) is 0 Å². The molecule has 0 amide bonds. The smallest absolute Gasteiger partial charge is 0.194 e. The van der Waals surface area contributed by atoms with Crippen LogP contribution in [0.15, 0.2) is 15.6 Å². The Morgan fingerprint density at radius 2 is 2.21 bits per heavy atom. The van der Waals surface area contributed by atoms with Crippen LogP contribution in [0.1, 0.15) is 57.4 Å². The van der Waals surface area contributed by atoms with E-state index >= 15 is 0 Å². The summed E-state index contributed by atoms with van der Waals surface area (Å²) < 4.78 is 10.9. The van der Waals surface area contributed by atoms with Gasteiger partial charge < -0.3 is 19.5 Å². The zero-order valence-electron chi connectivity index (χ0n) is 15.5. The molecular formula is C18H32N4O2. The summed E-state index contributed by atoms with van der Waals surface area (Å²) in [6.45, 7) is 10.5. The van der Waals surface area contributed by atoms with Gasteiger partial charge in [0.15, 0.2) is 11.7 Å². The van der Waals surface area contributed by atoms with Crippen LogP contribution in [0.5, 0.6) is 0 Å². The minimum Gasteiger partial charge on any atom is -0.381 e. The van der Waals surface area contributed by atoms with Gasteiger partial charge in [-0.05, 0) is 26.2 Å². The topological polar surface area (TPSA) is 62.9 Å². The standard InChI is InChI=1S/C18H32N4O2/c1-5-15(6-2)17-10-16(24-21-17)11-20-18(19-7-3)22(4)12-14-8-9-23-13-14/h10,14-15H,5-9,11-13H2,1-4H3,(H,19,20). The molecule has 1 aromatic rings. The first-order valence-electron chi connectivity index (χ1n) is 9.20. The van der Waals surface area contributed by atoms with Crippen molar-refractivity contribution in [2.45, 2.75) is 52.5 Å². The van der Waals surface area contributed by atoms with Crippen molar-refractivity contribution in [3.8, 4) is 0 Å². The highest BCUT2D eigenvalue weighted by molar-refractivity contribution is 5.79. The number of hydrogen-bond acceptors (Lipinski definition) is 4. The zero-order chi connectivity index (χ0) is 17.4. The fourth-order valence-corrected chi connectivity index (χ4v) is 3.13. The molecule has 1 unspecified atom stereocenters. The first-order chi connectivity index (χ1) is 11.7. The van der Waals surface area contributed by atoms with Gasteiger partial charge in [-0.3, -0.25) is 0 Å². The van der Waals surface area contributed by atoms with Gasteiger partial charge in [0.05, 0.1) is 12.3 Å². The number of ether oxygens (including phenoxy) is 1. The molecule has 24 heavy (non-hydrogen) atoms. The van der Waals surface area contributed by atoms with E-state index in [1.165, 1.54) is 0 Å². The Bertz CT molecular complexity index is 505. The predicted octanol–water partition coefficient (Wildman–Crippen LogP) is 3.01. The first kappa shape index (κ1) is 18.8. The lowest BCUT2D eigenvalue weighted by Crippen LogP contribution is -2.41. The molecule has 6 heteroatoms. The molecule has 0 radical (unpaired) electrons. The molecule has 1 aliphatic heterocycles. The summed E-state index contributed by atoms with van der Waals surface area (Å²) in [5.41, 5.74) is 1.05. The maximum Gasteiger partial charge on any atom is 0.194 e. The summed E-state index contributed by atoms with van der Waals surface area (Å²) in [6, 6.07) is 2.05. The van der Waals surface area contributed by atoms with Crippen LogP contribution >= 0.6 is 0 Å². The van der Waals surface area contributed by atoms with Gasteiger partial charge in [0.1, 0.15) is 6.54 Å². The molecule has 6 nitrogen and oxygen atoms in total. The molecule has 0 bridgehead atoms. The van der Waals surface area contributed by atoms with Gasteiger partial charge in [-0.15, -0.1) is 0 Å². The normalized spacial score (nSPS) is 18.4. The van der Waals surface area contributed by atoms with E-state index < -0.39 is 0 Å². The molecule has 0 aliphatic carbocycles. The van der Waals surface area contributed by atoms with Crippen LogP contribution in [-0.4, -0.2) is 49.4 Å². The predicted molar refractivity (Wildman–Crippen MR) is 96.2 cm³/mol. The van der Waals surface area contributed by atoms with E-state index in [-0.39, 0.29) is 0 Å². The molecule has 0 aromatic carbocycles. The molecule has 2 rings (SSSR count). The lowest BCUT2D eigenvalue weighted by atomic mass is 9.99. The summed E-state index contributed by atoms with van der Waals surface area (Å²) in [5, 5.41) is 7.57. The molecule has 0 saturated carbocycles. The van der Waals surface area contributed by atoms with E-state index in [2.05, 4.69) is 49.3 Å². The Labute approximate surface area is 145 Å². The van der Waals surface area contributed by atoms with Crippen LogP contribution in [-0.2, 0) is 11.3 Å². The van der Waals surface area contributed by atoms with Crippen molar-refractivity contribution in [2.75, 3.05) is 33.4 Å². The SMILES string of the molecule is CCNC(=NCc1cc(C(CC)CC)no1)N(C)CC1CCOC1. The lowest BCUT2D eigenvalue weighted by molar-refractivity contribution is 0.181. The maximum absolute atomic E-state index is 5.47. The monoisotopic (exact) mass is 336 g/mol. The van der Waals surface area contributed by atoms with Gasteiger partial charge in [-0.2, -0.15) is 0 Å². The third-order valence-electron chi connectivity index (χ3n) is 4.62. The van der Waals surface area contributed by atoms with Crippen molar-refractivity contribution >= 4 is 5.96 Å². The second kappa shape index (κ2) is 9.67. The van der Waals surface area contributed by atoms with Crippen molar-refractivity contribution in [2.24, 2.45) is 10.9 Å². The number of nitrogens with one attached hydrogen (secondary N) is 1. The van der Waals surface area contributed by atoms with Crippen LogP contribution in [0.25, 0.3) is 0 Å². The first-order valence-corrected chi connectivity index (χ1v) is 9.20. The highest BCUT2D eigenvalue weighted by Gasteiger charge is 2.19. The minimum absolute atomic E-state index is 0.477. The molecule has 1 saturated heterocycles. The van der Waals surface area contributed by atoms with Crippen molar-refractivity contribution in [1.29, 1.82) is 0 Å². The average molecular weight is 336 g/mol. The Hall–Kier alpha value is -1.56. The average Bonchev–Trinajstić information content (AvgIpc) is 3.24. The zero-order valence-corrected chi connectivity index (χ0v) is 15.5. The second-order valence-corrected chi connectivity index (χ2v) is 6.51. The van der Waals surface area contributed by atoms with E-state index in [9.17, 15) is 0 Å². The van der Waals surface area contributed by atoms with Gasteiger partial charge >= 0.3 is 0 Å². The molecule has 136 valence electrons. The summed E-state index contributed by atoms with van der Waals surface area (Å²) in [7, 11) is 2.08. The van der Waals surface area contributed by atoms with Crippen molar-refractivity contribution in [3.05, 3.63) is 17.5 Å². The summed E-state index contributed by atoms with van der Waals surface area (Å²) >= 11 is 0. The molecule has 1 aromatic heterocycles. The third kappa shape index (κ3) is 5.23. The number of nitrogens with zero attached hydrogens (tertiary/aromatic N) is 3. The number of guanidine groups is 1. The quantitative estimate of drug-likeness (QED) is 0.584. The fourth-order valence-electron chi connectivity index (χ4n) is 3.13. The van der Waals surface area contributed by atoms with Gasteiger partial charge in [0.2, 0.25) is 0 Å². The Balaban J connectivity index is 1.96. The molecule has 1 atom stereocenters. The highest BCUT2D eigenvalue weighted by Crippen LogP contribution is 2.22. The fraction of sp³-hybridized carbons (Fsp3) is 0.778. The third-order valence-corrected chi connectivity index (χ3v) is 4.62. The Morgan fingerprint density at radius 3 is 2.83 bits per heavy atom. The van der Waals surface area contributed by atoms with E-state index in [0.717, 1.165) is 63.0 Å². The largest absolute Gasteiger partial charge is 0.381 e. The van der Waals surface area contributed by atoms with Gasteiger partial charge in [-0.25, -0.2) is 4.99 Å². The number of hydrogen-bond donors (Lipinski definition) is 1. The van der Waals surface area contributed by atoms with Gasteiger partial charge in [-0.1, -0.05) is 19.0 Å². The van der Waals surface area contributed by atoms with E-state index in [0.29, 0.717) is 18.4 Å². The van der Waals surface area contributed by atoms with E-state index in [1.54, 1.807) is 0 Å². The highest BCUT2D eigenvalue weighted by atomic mass is 16.5. The Morgan fingerprint density at radius 1 is 1.42 bits per heavy atom. The van der Waals surface area contributed by atoms with Crippen molar-refractivity contribution in [1.82, 2.24) is 15.4 Å². The van der Waals surface area contributed by atoms with Gasteiger partial charge in [0.25, 0.3) is 0 Å². The van der Waals surface area contributed by atoms with E-state index in [4.69, 9.17) is 14.3 Å². The number of aromatic nitrogens is 1. The molecule has 1 fully saturated rings. The second-order valence-electron chi connectivity index (χ2n) is 6.51. The van der Waals surface area contributed by atoms with E-state index in [1.807, 2.05) is 0 Å². The number of rotatable bonds is 8. The van der Waals surface area contributed by atoms with Gasteiger partial charge in [0, 0.05) is 44.6 Å². The molecule has 1 N–H and O–H groups in total. The van der Waals surface area contributed by atoms with Crippen LogP contribution in [0, 0.1) is 5.92 Å². The summed E-state index contributed by atoms with van der Waals surface area (Å²) in [5.74, 6) is 2.80. The molecule has 1 aliphatic rings. The molecule has 2 heterocycles. The van der Waals surface area contributed by atoms with Crippen LogP contribution in [0.4, 0.5) is 0 Å². The summed E-state index contributed by atoms with van der Waals surface area (Å²) in [6.07, 6.45) is 3.30. The summed E-state index contributed by atoms with van der Waals surface area (Å²) in [4.78, 5) is 6.89. The lowest BCUT2D eigenvalue weighted by Gasteiger charge is -2.24. The maximum atomic E-state index is 5.47. The van der Waals surface area contributed by atoms with Crippen molar-refractivity contribution < 1.29 is 9.26 Å². The number of aliphatic imine (C=N–C) groups is 1.